The molecule has 0 saturated carbocycles. The van der Waals surface area contributed by atoms with Crippen LogP contribution in [-0.4, -0.2) is 14.5 Å². The van der Waals surface area contributed by atoms with Gasteiger partial charge >= 0.3 is 0 Å². The molecule has 0 N–H and O–H groups in total. The summed E-state index contributed by atoms with van der Waals surface area (Å²) in [5.74, 6) is 1.11. The van der Waals surface area contributed by atoms with Gasteiger partial charge in [0.1, 0.15) is 0 Å². The first-order valence-electron chi connectivity index (χ1n) is 14.1. The van der Waals surface area contributed by atoms with Crippen molar-refractivity contribution in [1.29, 1.82) is 0 Å². The van der Waals surface area contributed by atoms with Gasteiger partial charge in [-0.2, -0.15) is 0 Å². The van der Waals surface area contributed by atoms with E-state index in [2.05, 4.69) is 138 Å². The molecule has 0 saturated heterocycles. The predicted molar refractivity (Wildman–Crippen MR) is 173 cm³/mol. The third-order valence-electron chi connectivity index (χ3n) is 8.88. The molecular formula is C37H28BrN3. The van der Waals surface area contributed by atoms with E-state index in [1.807, 2.05) is 12.1 Å². The Morgan fingerprint density at radius 1 is 0.756 bits per heavy atom. The Morgan fingerprint density at radius 2 is 1.41 bits per heavy atom. The topological polar surface area (TPSA) is 30.7 Å². The van der Waals surface area contributed by atoms with Crippen LogP contribution in [0.15, 0.2) is 125 Å². The molecule has 41 heavy (non-hydrogen) atoms. The van der Waals surface area contributed by atoms with Crippen LogP contribution in [0.1, 0.15) is 37.3 Å². The number of rotatable bonds is 3. The van der Waals surface area contributed by atoms with E-state index in [1.54, 1.807) is 0 Å². The highest BCUT2D eigenvalue weighted by atomic mass is 79.9. The largest absolute Gasteiger partial charge is 0.278 e. The normalized spacial score (nSPS) is 17.0. The molecule has 1 unspecified atom stereocenters. The third kappa shape index (κ3) is 3.78. The molecule has 2 aromatic heterocycles. The Bertz CT molecular complexity index is 1990. The number of hydrogen-bond acceptors (Lipinski definition) is 2. The van der Waals surface area contributed by atoms with Crippen LogP contribution in [0.5, 0.6) is 0 Å². The molecule has 3 nitrogen and oxygen atoms in total. The second-order valence-corrected chi connectivity index (χ2v) is 12.5. The van der Waals surface area contributed by atoms with Gasteiger partial charge in [0.2, 0.25) is 5.95 Å². The van der Waals surface area contributed by atoms with Crippen LogP contribution in [0, 0.1) is 0 Å². The molecule has 6 aromatic rings. The molecule has 0 aliphatic heterocycles. The van der Waals surface area contributed by atoms with Gasteiger partial charge in [0.15, 0.2) is 0 Å². The molecule has 2 aliphatic rings. The molecule has 8 rings (SSSR count). The van der Waals surface area contributed by atoms with Crippen LogP contribution < -0.4 is 0 Å². The van der Waals surface area contributed by atoms with E-state index >= 15 is 0 Å². The average Bonchev–Trinajstić information content (AvgIpc) is 3.45. The lowest BCUT2D eigenvalue weighted by molar-refractivity contribution is 0.612. The summed E-state index contributed by atoms with van der Waals surface area (Å²) in [4.78, 5) is 10.4. The van der Waals surface area contributed by atoms with Crippen LogP contribution in [0.3, 0.4) is 0 Å². The SMILES string of the molecule is CC1(C)C2=CC=CCC2c2cc3c4cc(Br)ccc4n(-c4nc(-c5ccccc5)cc(-c5ccccc5)n4)c3cc21. The number of aromatic nitrogens is 3. The standard InChI is InChI=1S/C37H28BrN3/c1-37(2)30-16-10-9-15-26(30)27-20-29-28-19-25(38)17-18-34(28)41(35(29)21-31(27)37)36-39-32(23-11-5-3-6-12-23)22-33(40-36)24-13-7-4-8-14-24/h3-14,16-22,26H,15H2,1-2H3. The Morgan fingerprint density at radius 3 is 2.10 bits per heavy atom. The average molecular weight is 595 g/mol. The maximum absolute atomic E-state index is 5.22. The fraction of sp³-hybridized carbons (Fsp3) is 0.135. The lowest BCUT2D eigenvalue weighted by atomic mass is 9.79. The maximum atomic E-state index is 5.22. The van der Waals surface area contributed by atoms with Crippen molar-refractivity contribution in [3.63, 3.8) is 0 Å². The first-order chi connectivity index (χ1) is 20.0. The van der Waals surface area contributed by atoms with E-state index < -0.39 is 0 Å². The predicted octanol–water partition coefficient (Wildman–Crippen LogP) is 9.93. The van der Waals surface area contributed by atoms with Gasteiger partial charge < -0.3 is 0 Å². The maximum Gasteiger partial charge on any atom is 0.235 e. The Hall–Kier alpha value is -4.28. The van der Waals surface area contributed by atoms with Crippen LogP contribution in [0.2, 0.25) is 0 Å². The van der Waals surface area contributed by atoms with E-state index in [0.717, 1.165) is 44.4 Å². The second-order valence-electron chi connectivity index (χ2n) is 11.6. The van der Waals surface area contributed by atoms with Gasteiger partial charge in [-0.15, -0.1) is 0 Å². The van der Waals surface area contributed by atoms with Crippen molar-refractivity contribution in [2.24, 2.45) is 0 Å². The summed E-state index contributed by atoms with van der Waals surface area (Å²) in [6.07, 6.45) is 7.91. The van der Waals surface area contributed by atoms with Crippen LogP contribution >= 0.6 is 15.9 Å². The Balaban J connectivity index is 1.46. The molecule has 0 spiro atoms. The van der Waals surface area contributed by atoms with Crippen molar-refractivity contribution in [3.05, 3.63) is 136 Å². The number of nitrogens with zero attached hydrogens (tertiary/aromatic N) is 3. The van der Waals surface area contributed by atoms with Crippen LogP contribution in [0.25, 0.3) is 50.3 Å². The van der Waals surface area contributed by atoms with E-state index in [4.69, 9.17) is 9.97 Å². The van der Waals surface area contributed by atoms with E-state index in [1.165, 1.54) is 27.5 Å². The van der Waals surface area contributed by atoms with Gasteiger partial charge in [-0.05, 0) is 53.9 Å². The quantitative estimate of drug-likeness (QED) is 0.204. The lowest BCUT2D eigenvalue weighted by Crippen LogP contribution is -2.17. The number of benzene rings is 4. The van der Waals surface area contributed by atoms with Crippen molar-refractivity contribution in [2.75, 3.05) is 0 Å². The van der Waals surface area contributed by atoms with Gasteiger partial charge in [0.05, 0.1) is 22.4 Å². The fourth-order valence-corrected chi connectivity index (χ4v) is 7.23. The van der Waals surface area contributed by atoms with Gasteiger partial charge in [0.25, 0.3) is 0 Å². The van der Waals surface area contributed by atoms with Crippen molar-refractivity contribution in [3.8, 4) is 28.5 Å². The summed E-state index contributed by atoms with van der Waals surface area (Å²) in [6.45, 7) is 4.73. The third-order valence-corrected chi connectivity index (χ3v) is 9.37. The summed E-state index contributed by atoms with van der Waals surface area (Å²) in [5, 5.41) is 2.44. The summed E-state index contributed by atoms with van der Waals surface area (Å²) in [7, 11) is 0. The molecule has 198 valence electrons. The number of fused-ring (bicyclic) bond motifs is 6. The van der Waals surface area contributed by atoms with E-state index in [-0.39, 0.29) is 5.41 Å². The molecule has 0 radical (unpaired) electrons. The van der Waals surface area contributed by atoms with Gasteiger partial charge in [-0.1, -0.05) is 114 Å². The molecule has 1 atom stereocenters. The molecule has 4 heteroatoms. The molecule has 0 fully saturated rings. The summed E-state index contributed by atoms with van der Waals surface area (Å²) in [5.41, 5.74) is 10.5. The molecule has 0 bridgehead atoms. The first-order valence-corrected chi connectivity index (χ1v) is 14.9. The van der Waals surface area contributed by atoms with Crippen molar-refractivity contribution in [1.82, 2.24) is 14.5 Å². The minimum absolute atomic E-state index is 0.0389. The molecule has 2 heterocycles. The zero-order valence-electron chi connectivity index (χ0n) is 23.0. The van der Waals surface area contributed by atoms with Crippen molar-refractivity contribution in [2.45, 2.75) is 31.6 Å². The number of allylic oxidation sites excluding steroid dienone is 4. The monoisotopic (exact) mass is 593 g/mol. The Labute approximate surface area is 248 Å². The zero-order chi connectivity index (χ0) is 27.7. The van der Waals surface area contributed by atoms with Crippen molar-refractivity contribution >= 4 is 37.7 Å². The minimum atomic E-state index is -0.0389. The summed E-state index contributed by atoms with van der Waals surface area (Å²) >= 11 is 3.75. The Kier molecular flexibility index (Phi) is 5.45. The van der Waals surface area contributed by atoms with Crippen LogP contribution in [0.4, 0.5) is 0 Å². The second kappa shape index (κ2) is 9.12. The number of hydrogen-bond donors (Lipinski definition) is 0. The highest BCUT2D eigenvalue weighted by Crippen LogP contribution is 2.54. The number of halogens is 1. The lowest BCUT2D eigenvalue weighted by Gasteiger charge is -2.25. The molecular weight excluding hydrogens is 566 g/mol. The van der Waals surface area contributed by atoms with Gasteiger partial charge in [0, 0.05) is 37.7 Å². The van der Waals surface area contributed by atoms with Crippen LogP contribution in [-0.2, 0) is 5.41 Å². The molecule has 2 aliphatic carbocycles. The summed E-state index contributed by atoms with van der Waals surface area (Å²) in [6, 6.07) is 34.3. The fourth-order valence-electron chi connectivity index (χ4n) is 6.87. The van der Waals surface area contributed by atoms with Gasteiger partial charge in [-0.25, -0.2) is 9.97 Å². The van der Waals surface area contributed by atoms with E-state index in [0.29, 0.717) is 11.9 Å². The molecule has 0 amide bonds. The first kappa shape index (κ1) is 24.5. The van der Waals surface area contributed by atoms with Gasteiger partial charge in [-0.3, -0.25) is 4.57 Å². The molecule has 4 aromatic carbocycles. The minimum Gasteiger partial charge on any atom is -0.278 e. The highest BCUT2D eigenvalue weighted by Gasteiger charge is 2.42. The summed E-state index contributed by atoms with van der Waals surface area (Å²) < 4.78 is 3.33. The van der Waals surface area contributed by atoms with E-state index in [9.17, 15) is 0 Å². The zero-order valence-corrected chi connectivity index (χ0v) is 24.6. The highest BCUT2D eigenvalue weighted by molar-refractivity contribution is 9.10. The smallest absolute Gasteiger partial charge is 0.235 e. The van der Waals surface area contributed by atoms with Crippen molar-refractivity contribution < 1.29 is 0 Å².